The lowest BCUT2D eigenvalue weighted by atomic mass is 10.5. The van der Waals surface area contributed by atoms with Gasteiger partial charge < -0.3 is 9.84 Å². The number of carboxylic acids is 1. The molecule has 0 unspecified atom stereocenters. The number of carbonyl (C=O) groups is 1. The van der Waals surface area contributed by atoms with Gasteiger partial charge in [-0.05, 0) is 0 Å². The van der Waals surface area contributed by atoms with Gasteiger partial charge in [0.1, 0.15) is 0 Å². The Morgan fingerprint density at radius 1 is 1.50 bits per heavy atom. The summed E-state index contributed by atoms with van der Waals surface area (Å²) >= 11 is 0. The van der Waals surface area contributed by atoms with Gasteiger partial charge in [-0.15, -0.1) is 0 Å². The highest BCUT2D eigenvalue weighted by Crippen LogP contribution is 2.10. The number of hydrogen-bond donors (Lipinski definition) is 1. The molecule has 0 aliphatic rings. The predicted octanol–water partition coefficient (Wildman–Crippen LogP) is 0.436. The number of nitrogens with zero attached hydrogens (tertiary/aromatic N) is 3. The quantitative estimate of drug-likeness (QED) is 0.748. The third-order valence-electron chi connectivity index (χ3n) is 1.80. The molecule has 6 heteroatoms. The summed E-state index contributed by atoms with van der Waals surface area (Å²) in [5, 5.41) is 8.81. The minimum atomic E-state index is -1.04. The van der Waals surface area contributed by atoms with Gasteiger partial charge in [0.25, 0.3) is 0 Å². The number of aromatic nitrogens is 3. The number of ether oxygens (including phenoxy) is 1. The number of rotatable bonds is 2. The Morgan fingerprint density at radius 2 is 2.29 bits per heavy atom. The molecule has 72 valence electrons. The number of imidazole rings is 1. The Hall–Kier alpha value is -2.11. The van der Waals surface area contributed by atoms with Crippen molar-refractivity contribution in [3.05, 3.63) is 24.3 Å². The van der Waals surface area contributed by atoms with Crippen LogP contribution >= 0.6 is 0 Å². The number of fused-ring (bicyclic) bond motifs is 1. The third-order valence-corrected chi connectivity index (χ3v) is 1.80. The van der Waals surface area contributed by atoms with E-state index in [0.717, 1.165) is 0 Å². The standard InChI is InChI=1S/C8H7N3O3/c1-14-7-4-11-5(8(12)13)2-9-6(11)3-10-7/h2-4H,1H3,(H,12,13). The van der Waals surface area contributed by atoms with Crippen LogP contribution in [0.15, 0.2) is 18.6 Å². The summed E-state index contributed by atoms with van der Waals surface area (Å²) in [6.45, 7) is 0. The molecule has 0 bridgehead atoms. The first-order valence-corrected chi connectivity index (χ1v) is 3.83. The summed E-state index contributed by atoms with van der Waals surface area (Å²) in [4.78, 5) is 18.5. The van der Waals surface area contributed by atoms with Crippen LogP contribution < -0.4 is 4.74 Å². The molecule has 0 saturated carbocycles. The molecule has 0 saturated heterocycles. The molecule has 2 rings (SSSR count). The highest BCUT2D eigenvalue weighted by Gasteiger charge is 2.10. The summed E-state index contributed by atoms with van der Waals surface area (Å²) in [5.41, 5.74) is 0.559. The zero-order chi connectivity index (χ0) is 10.1. The average Bonchev–Trinajstić information content (AvgIpc) is 2.59. The van der Waals surface area contributed by atoms with Gasteiger partial charge in [0, 0.05) is 0 Å². The van der Waals surface area contributed by atoms with Crippen LogP contribution in [-0.4, -0.2) is 32.6 Å². The van der Waals surface area contributed by atoms with E-state index in [2.05, 4.69) is 9.97 Å². The summed E-state index contributed by atoms with van der Waals surface area (Å²) in [5.74, 6) is -0.691. The second-order valence-electron chi connectivity index (χ2n) is 2.61. The number of methoxy groups -OCH3 is 1. The first kappa shape index (κ1) is 8.49. The van der Waals surface area contributed by atoms with Gasteiger partial charge >= 0.3 is 5.97 Å². The predicted molar refractivity (Wildman–Crippen MR) is 46.5 cm³/mol. The monoisotopic (exact) mass is 193 g/mol. The smallest absolute Gasteiger partial charge is 0.354 e. The Morgan fingerprint density at radius 3 is 2.93 bits per heavy atom. The molecule has 0 aliphatic heterocycles. The molecule has 2 aromatic rings. The van der Waals surface area contributed by atoms with E-state index in [1.54, 1.807) is 0 Å². The molecule has 1 N–H and O–H groups in total. The minimum Gasteiger partial charge on any atom is -0.480 e. The molecule has 0 fully saturated rings. The van der Waals surface area contributed by atoms with Crippen LogP contribution in [-0.2, 0) is 0 Å². The fraction of sp³-hybridized carbons (Fsp3) is 0.125. The maximum Gasteiger partial charge on any atom is 0.354 e. The maximum atomic E-state index is 10.8. The van der Waals surface area contributed by atoms with Crippen molar-refractivity contribution in [2.24, 2.45) is 0 Å². The second-order valence-corrected chi connectivity index (χ2v) is 2.61. The highest BCUT2D eigenvalue weighted by atomic mass is 16.5. The lowest BCUT2D eigenvalue weighted by molar-refractivity contribution is 0.0689. The van der Waals surface area contributed by atoms with E-state index in [0.29, 0.717) is 11.5 Å². The Bertz CT molecular complexity index is 492. The van der Waals surface area contributed by atoms with Gasteiger partial charge in [0.05, 0.1) is 25.7 Å². The van der Waals surface area contributed by atoms with Gasteiger partial charge in [-0.3, -0.25) is 4.40 Å². The molecule has 0 radical (unpaired) electrons. The molecule has 0 spiro atoms. The van der Waals surface area contributed by atoms with Crippen molar-refractivity contribution in [3.8, 4) is 5.88 Å². The van der Waals surface area contributed by atoms with E-state index in [4.69, 9.17) is 9.84 Å². The van der Waals surface area contributed by atoms with E-state index in [1.807, 2.05) is 0 Å². The first-order chi connectivity index (χ1) is 6.72. The van der Waals surface area contributed by atoms with Crippen molar-refractivity contribution in [1.82, 2.24) is 14.4 Å². The van der Waals surface area contributed by atoms with Gasteiger partial charge in [-0.1, -0.05) is 0 Å². The number of hydrogen-bond acceptors (Lipinski definition) is 4. The Labute approximate surface area is 78.8 Å². The molecule has 0 amide bonds. The van der Waals surface area contributed by atoms with E-state index in [9.17, 15) is 4.79 Å². The number of aromatic carboxylic acids is 1. The van der Waals surface area contributed by atoms with Crippen molar-refractivity contribution in [3.63, 3.8) is 0 Å². The molecule has 14 heavy (non-hydrogen) atoms. The van der Waals surface area contributed by atoms with Crippen LogP contribution in [0.4, 0.5) is 0 Å². The largest absolute Gasteiger partial charge is 0.480 e. The van der Waals surface area contributed by atoms with Crippen LogP contribution in [0, 0.1) is 0 Å². The Kier molecular flexibility index (Phi) is 1.81. The molecule has 2 heterocycles. The fourth-order valence-electron chi connectivity index (χ4n) is 1.14. The van der Waals surface area contributed by atoms with Crippen molar-refractivity contribution < 1.29 is 14.6 Å². The second kappa shape index (κ2) is 2.99. The van der Waals surface area contributed by atoms with Gasteiger partial charge in [0.15, 0.2) is 11.3 Å². The van der Waals surface area contributed by atoms with Crippen molar-refractivity contribution >= 4 is 11.6 Å². The first-order valence-electron chi connectivity index (χ1n) is 3.83. The Balaban J connectivity index is 2.69. The minimum absolute atomic E-state index is 0.0840. The van der Waals surface area contributed by atoms with Crippen LogP contribution in [0.2, 0.25) is 0 Å². The van der Waals surface area contributed by atoms with Crippen LogP contribution in [0.5, 0.6) is 5.88 Å². The SMILES string of the molecule is COc1cn2c(C(=O)O)cnc2cn1. The van der Waals surface area contributed by atoms with E-state index in [-0.39, 0.29) is 5.69 Å². The normalized spacial score (nSPS) is 10.4. The number of carboxylic acid groups (broad SMARTS) is 1. The molecule has 0 aromatic carbocycles. The summed E-state index contributed by atoms with van der Waals surface area (Å²) in [6.07, 6.45) is 4.20. The molecular formula is C8H7N3O3. The van der Waals surface area contributed by atoms with Crippen LogP contribution in [0.1, 0.15) is 10.5 Å². The maximum absolute atomic E-state index is 10.8. The molecule has 2 aromatic heterocycles. The van der Waals surface area contributed by atoms with Crippen molar-refractivity contribution in [1.29, 1.82) is 0 Å². The molecule has 6 nitrogen and oxygen atoms in total. The molecule has 0 atom stereocenters. The fourth-order valence-corrected chi connectivity index (χ4v) is 1.14. The van der Waals surface area contributed by atoms with Crippen LogP contribution in [0.3, 0.4) is 0 Å². The zero-order valence-corrected chi connectivity index (χ0v) is 7.34. The van der Waals surface area contributed by atoms with Gasteiger partial charge in [-0.25, -0.2) is 14.8 Å². The molecular weight excluding hydrogens is 186 g/mol. The third kappa shape index (κ3) is 1.17. The molecule has 0 aliphatic carbocycles. The summed E-state index contributed by atoms with van der Waals surface area (Å²) in [6, 6.07) is 0. The van der Waals surface area contributed by atoms with Crippen molar-refractivity contribution in [2.45, 2.75) is 0 Å². The van der Waals surface area contributed by atoms with Crippen molar-refractivity contribution in [2.75, 3.05) is 7.11 Å². The summed E-state index contributed by atoms with van der Waals surface area (Å²) in [7, 11) is 1.46. The van der Waals surface area contributed by atoms with E-state index >= 15 is 0 Å². The lowest BCUT2D eigenvalue weighted by Crippen LogP contribution is -2.02. The lowest BCUT2D eigenvalue weighted by Gasteiger charge is -1.99. The topological polar surface area (TPSA) is 76.7 Å². The average molecular weight is 193 g/mol. The summed E-state index contributed by atoms with van der Waals surface area (Å²) < 4.78 is 6.28. The van der Waals surface area contributed by atoms with Gasteiger partial charge in [-0.2, -0.15) is 0 Å². The van der Waals surface area contributed by atoms with Crippen LogP contribution in [0.25, 0.3) is 5.65 Å². The van der Waals surface area contributed by atoms with E-state index in [1.165, 1.54) is 30.1 Å². The highest BCUT2D eigenvalue weighted by molar-refractivity contribution is 5.86. The van der Waals surface area contributed by atoms with E-state index < -0.39 is 5.97 Å². The van der Waals surface area contributed by atoms with Gasteiger partial charge in [0.2, 0.25) is 5.88 Å². The zero-order valence-electron chi connectivity index (χ0n) is 7.34.